The lowest BCUT2D eigenvalue weighted by Crippen LogP contribution is -2.29. The maximum atomic E-state index is 12.7. The van der Waals surface area contributed by atoms with Crippen LogP contribution in [0.2, 0.25) is 0 Å². The lowest BCUT2D eigenvalue weighted by Gasteiger charge is -2.12. The van der Waals surface area contributed by atoms with Gasteiger partial charge in [-0.3, -0.25) is 4.79 Å². The number of ether oxygens (including phenoxy) is 1. The van der Waals surface area contributed by atoms with E-state index in [4.69, 9.17) is 4.74 Å². The summed E-state index contributed by atoms with van der Waals surface area (Å²) in [7, 11) is 0. The van der Waals surface area contributed by atoms with Crippen molar-refractivity contribution in [2.24, 2.45) is 0 Å². The molecule has 4 aromatic rings. The average Bonchev–Trinajstić information content (AvgIpc) is 2.83. The Morgan fingerprint density at radius 2 is 1.61 bits per heavy atom. The molecule has 8 nitrogen and oxygen atoms in total. The van der Waals surface area contributed by atoms with Gasteiger partial charge in [0, 0.05) is 25.4 Å². The van der Waals surface area contributed by atoms with Crippen LogP contribution in [0.3, 0.4) is 0 Å². The van der Waals surface area contributed by atoms with Gasteiger partial charge in [0.1, 0.15) is 34.8 Å². The predicted octanol–water partition coefficient (Wildman–Crippen LogP) is 4.56. The number of hydrogen-bond acceptors (Lipinski definition) is 7. The fourth-order valence-electron chi connectivity index (χ4n) is 3.11. The van der Waals surface area contributed by atoms with Crippen LogP contribution < -0.4 is 20.7 Å². The van der Waals surface area contributed by atoms with Crippen LogP contribution in [0.15, 0.2) is 85.1 Å². The van der Waals surface area contributed by atoms with E-state index in [0.717, 1.165) is 0 Å². The second kappa shape index (κ2) is 10.7. The number of nitrogens with zero attached hydrogens (tertiary/aromatic N) is 3. The Morgan fingerprint density at radius 1 is 0.848 bits per heavy atom. The van der Waals surface area contributed by atoms with E-state index in [1.165, 1.54) is 0 Å². The average molecular weight is 441 g/mol. The Morgan fingerprint density at radius 3 is 2.42 bits per heavy atom. The monoisotopic (exact) mass is 440 g/mol. The lowest BCUT2D eigenvalue weighted by atomic mass is 10.2. The fourth-order valence-corrected chi connectivity index (χ4v) is 3.11. The fraction of sp³-hybridized carbons (Fsp3) is 0.120. The van der Waals surface area contributed by atoms with Crippen LogP contribution in [0.1, 0.15) is 16.2 Å². The molecule has 2 aromatic heterocycles. The number of hydrogen-bond donors (Lipinski definition) is 3. The zero-order chi connectivity index (χ0) is 22.9. The van der Waals surface area contributed by atoms with E-state index in [-0.39, 0.29) is 5.91 Å². The van der Waals surface area contributed by atoms with E-state index in [9.17, 15) is 4.79 Å². The smallest absolute Gasteiger partial charge is 0.255 e. The van der Waals surface area contributed by atoms with Crippen LogP contribution in [0.25, 0.3) is 0 Å². The standard InChI is InChI=1S/C25H24N6O2/c1-18-29-23(17-24(30-18)31-22-13-7-8-14-26-22)27-15-16-28-25(32)20-11-5-6-12-21(20)33-19-9-3-2-4-10-19/h2-14,17H,15-16H2,1H3,(H,28,32)(H2,26,27,29,30,31). The van der Waals surface area contributed by atoms with E-state index < -0.39 is 0 Å². The molecule has 0 aliphatic heterocycles. The van der Waals surface area contributed by atoms with Gasteiger partial charge >= 0.3 is 0 Å². The third kappa shape index (κ3) is 6.27. The summed E-state index contributed by atoms with van der Waals surface area (Å²) in [6.07, 6.45) is 1.71. The van der Waals surface area contributed by atoms with Crippen molar-refractivity contribution in [1.82, 2.24) is 20.3 Å². The van der Waals surface area contributed by atoms with Crippen molar-refractivity contribution in [3.8, 4) is 11.5 Å². The van der Waals surface area contributed by atoms with Crippen molar-refractivity contribution < 1.29 is 9.53 Å². The number of nitrogens with one attached hydrogen (secondary N) is 3. The molecule has 3 N–H and O–H groups in total. The Hall–Kier alpha value is -4.46. The molecular weight excluding hydrogens is 416 g/mol. The second-order valence-electron chi connectivity index (χ2n) is 7.12. The van der Waals surface area contributed by atoms with E-state index in [0.29, 0.717) is 53.4 Å². The molecule has 0 radical (unpaired) electrons. The number of benzene rings is 2. The summed E-state index contributed by atoms with van der Waals surface area (Å²) in [5, 5.41) is 9.28. The van der Waals surface area contributed by atoms with Crippen LogP contribution in [0, 0.1) is 6.92 Å². The number of aromatic nitrogens is 3. The van der Waals surface area contributed by atoms with Gasteiger partial charge in [-0.2, -0.15) is 0 Å². The predicted molar refractivity (Wildman–Crippen MR) is 128 cm³/mol. The molecule has 4 rings (SSSR count). The third-order valence-electron chi connectivity index (χ3n) is 4.58. The topological polar surface area (TPSA) is 101 Å². The van der Waals surface area contributed by atoms with Gasteiger partial charge in [-0.1, -0.05) is 36.4 Å². The summed E-state index contributed by atoms with van der Waals surface area (Å²) in [6, 6.07) is 23.9. The minimum absolute atomic E-state index is 0.209. The molecule has 0 aliphatic rings. The van der Waals surface area contributed by atoms with Gasteiger partial charge in [0.15, 0.2) is 0 Å². The van der Waals surface area contributed by atoms with E-state index >= 15 is 0 Å². The lowest BCUT2D eigenvalue weighted by molar-refractivity contribution is 0.0953. The molecule has 33 heavy (non-hydrogen) atoms. The van der Waals surface area contributed by atoms with Gasteiger partial charge in [0.2, 0.25) is 0 Å². The van der Waals surface area contributed by atoms with Crippen LogP contribution in [0.5, 0.6) is 11.5 Å². The summed E-state index contributed by atoms with van der Waals surface area (Å²) >= 11 is 0. The number of rotatable bonds is 9. The van der Waals surface area contributed by atoms with Gasteiger partial charge in [0.25, 0.3) is 5.91 Å². The summed E-state index contributed by atoms with van der Waals surface area (Å²) < 4.78 is 5.88. The van der Waals surface area contributed by atoms with Gasteiger partial charge in [-0.25, -0.2) is 15.0 Å². The number of para-hydroxylation sites is 2. The van der Waals surface area contributed by atoms with Crippen molar-refractivity contribution in [2.75, 3.05) is 23.7 Å². The van der Waals surface area contributed by atoms with Crippen molar-refractivity contribution in [1.29, 1.82) is 0 Å². The second-order valence-corrected chi connectivity index (χ2v) is 7.12. The van der Waals surface area contributed by atoms with Gasteiger partial charge in [0.05, 0.1) is 5.56 Å². The molecular formula is C25H24N6O2. The summed E-state index contributed by atoms with van der Waals surface area (Å²) in [5.74, 6) is 3.58. The molecule has 166 valence electrons. The molecule has 1 amide bonds. The summed E-state index contributed by atoms with van der Waals surface area (Å²) in [5.41, 5.74) is 0.473. The maximum absolute atomic E-state index is 12.7. The number of anilines is 3. The zero-order valence-corrected chi connectivity index (χ0v) is 18.2. The van der Waals surface area contributed by atoms with Crippen molar-refractivity contribution >= 4 is 23.4 Å². The molecule has 0 spiro atoms. The molecule has 2 aromatic carbocycles. The number of aryl methyl sites for hydroxylation is 1. The minimum Gasteiger partial charge on any atom is -0.457 e. The highest BCUT2D eigenvalue weighted by atomic mass is 16.5. The Balaban J connectivity index is 1.32. The van der Waals surface area contributed by atoms with Crippen LogP contribution in [-0.4, -0.2) is 33.9 Å². The largest absolute Gasteiger partial charge is 0.457 e. The molecule has 2 heterocycles. The Kier molecular flexibility index (Phi) is 7.07. The van der Waals surface area contributed by atoms with Crippen LogP contribution in [-0.2, 0) is 0 Å². The Labute approximate surface area is 192 Å². The molecule has 0 fully saturated rings. The first-order chi connectivity index (χ1) is 16.2. The normalized spacial score (nSPS) is 10.3. The van der Waals surface area contributed by atoms with Crippen molar-refractivity contribution in [2.45, 2.75) is 6.92 Å². The van der Waals surface area contributed by atoms with Gasteiger partial charge < -0.3 is 20.7 Å². The highest BCUT2D eigenvalue weighted by Crippen LogP contribution is 2.25. The molecule has 0 saturated heterocycles. The first kappa shape index (κ1) is 21.8. The van der Waals surface area contributed by atoms with Crippen molar-refractivity contribution in [3.63, 3.8) is 0 Å². The van der Waals surface area contributed by atoms with E-state index in [1.807, 2.05) is 67.6 Å². The maximum Gasteiger partial charge on any atom is 0.255 e. The summed E-state index contributed by atoms with van der Waals surface area (Å²) in [6.45, 7) is 2.72. The highest BCUT2D eigenvalue weighted by Gasteiger charge is 2.12. The zero-order valence-electron chi connectivity index (χ0n) is 18.2. The Bertz CT molecular complexity index is 1200. The number of carbonyl (C=O) groups is 1. The van der Waals surface area contributed by atoms with Gasteiger partial charge in [-0.05, 0) is 43.3 Å². The number of carbonyl (C=O) groups excluding carboxylic acids is 1. The first-order valence-corrected chi connectivity index (χ1v) is 10.5. The number of pyridine rings is 1. The molecule has 0 atom stereocenters. The quantitative estimate of drug-likeness (QED) is 0.328. The molecule has 0 saturated carbocycles. The van der Waals surface area contributed by atoms with Crippen LogP contribution in [0.4, 0.5) is 17.5 Å². The summed E-state index contributed by atoms with van der Waals surface area (Å²) in [4.78, 5) is 25.7. The molecule has 8 heteroatoms. The van der Waals surface area contributed by atoms with E-state index in [2.05, 4.69) is 30.9 Å². The van der Waals surface area contributed by atoms with E-state index in [1.54, 1.807) is 24.4 Å². The highest BCUT2D eigenvalue weighted by molar-refractivity contribution is 5.97. The third-order valence-corrected chi connectivity index (χ3v) is 4.58. The van der Waals surface area contributed by atoms with Crippen LogP contribution >= 0.6 is 0 Å². The molecule has 0 bridgehead atoms. The van der Waals surface area contributed by atoms with Crippen molar-refractivity contribution in [3.05, 3.63) is 96.4 Å². The minimum atomic E-state index is -0.209. The SMILES string of the molecule is Cc1nc(NCCNC(=O)c2ccccc2Oc2ccccc2)cc(Nc2ccccn2)n1. The van der Waals surface area contributed by atoms with Gasteiger partial charge in [-0.15, -0.1) is 0 Å². The molecule has 0 aliphatic carbocycles. The first-order valence-electron chi connectivity index (χ1n) is 10.5. The number of amides is 1. The molecule has 0 unspecified atom stereocenters.